The Morgan fingerprint density at radius 2 is 1.53 bits per heavy atom. The fraction of sp³-hybridized carbons (Fsp3) is 0. The average Bonchev–Trinajstić information content (AvgIpc) is 2.87. The standard InChI is InChI=1S/C16H11N3/c1-2-8-14-11(5-1)12-6-3-7-13(15(12)19-14)16-17-9-4-10-18-16/h1-10,19H. The third-order valence-electron chi connectivity index (χ3n) is 3.35. The van der Waals surface area contributed by atoms with E-state index < -0.39 is 0 Å². The lowest BCUT2D eigenvalue weighted by molar-refractivity contribution is 1.18. The second kappa shape index (κ2) is 3.92. The molecular weight excluding hydrogens is 234 g/mol. The van der Waals surface area contributed by atoms with Gasteiger partial charge in [0.25, 0.3) is 0 Å². The third-order valence-corrected chi connectivity index (χ3v) is 3.35. The summed E-state index contributed by atoms with van der Waals surface area (Å²) in [7, 11) is 0. The van der Waals surface area contributed by atoms with Gasteiger partial charge in [-0.05, 0) is 18.2 Å². The fourth-order valence-electron chi connectivity index (χ4n) is 2.50. The highest BCUT2D eigenvalue weighted by atomic mass is 14.9. The molecular formula is C16H11N3. The minimum absolute atomic E-state index is 0.750. The summed E-state index contributed by atoms with van der Waals surface area (Å²) in [4.78, 5) is 12.1. The molecule has 1 N–H and O–H groups in total. The number of hydrogen-bond donors (Lipinski definition) is 1. The lowest BCUT2D eigenvalue weighted by atomic mass is 10.1. The van der Waals surface area contributed by atoms with Gasteiger partial charge in [-0.3, -0.25) is 0 Å². The van der Waals surface area contributed by atoms with Gasteiger partial charge in [-0.15, -0.1) is 0 Å². The monoisotopic (exact) mass is 245 g/mol. The molecule has 0 fully saturated rings. The van der Waals surface area contributed by atoms with Gasteiger partial charge in [-0.25, -0.2) is 9.97 Å². The van der Waals surface area contributed by atoms with E-state index in [1.165, 1.54) is 10.8 Å². The molecule has 0 saturated heterocycles. The molecule has 0 aliphatic heterocycles. The van der Waals surface area contributed by atoms with Crippen molar-refractivity contribution in [2.45, 2.75) is 0 Å². The molecule has 0 aliphatic carbocycles. The van der Waals surface area contributed by atoms with Gasteiger partial charge in [0.1, 0.15) is 0 Å². The molecule has 4 aromatic rings. The van der Waals surface area contributed by atoms with E-state index in [0.717, 1.165) is 22.4 Å². The molecule has 0 bridgehead atoms. The number of aromatic nitrogens is 3. The van der Waals surface area contributed by atoms with Crippen molar-refractivity contribution in [1.82, 2.24) is 15.0 Å². The Morgan fingerprint density at radius 1 is 0.737 bits per heavy atom. The summed E-state index contributed by atoms with van der Waals surface area (Å²) < 4.78 is 0. The van der Waals surface area contributed by atoms with Crippen LogP contribution in [0, 0.1) is 0 Å². The van der Waals surface area contributed by atoms with Gasteiger partial charge in [0.2, 0.25) is 0 Å². The Labute approximate surface area is 110 Å². The van der Waals surface area contributed by atoms with Crippen molar-refractivity contribution in [2.75, 3.05) is 0 Å². The smallest absolute Gasteiger partial charge is 0.161 e. The Kier molecular flexibility index (Phi) is 2.12. The zero-order valence-corrected chi connectivity index (χ0v) is 10.2. The predicted octanol–water partition coefficient (Wildman–Crippen LogP) is 3.78. The number of benzene rings is 2. The van der Waals surface area contributed by atoms with Crippen molar-refractivity contribution in [2.24, 2.45) is 0 Å². The average molecular weight is 245 g/mol. The molecule has 90 valence electrons. The van der Waals surface area contributed by atoms with Crippen LogP contribution in [-0.2, 0) is 0 Å². The fourth-order valence-corrected chi connectivity index (χ4v) is 2.50. The maximum atomic E-state index is 4.34. The Hall–Kier alpha value is -2.68. The Balaban J connectivity index is 2.13. The zero-order valence-electron chi connectivity index (χ0n) is 10.2. The van der Waals surface area contributed by atoms with Gasteiger partial charge in [-0.1, -0.05) is 30.3 Å². The Bertz CT molecular complexity index is 863. The lowest BCUT2D eigenvalue weighted by Crippen LogP contribution is -1.87. The summed E-state index contributed by atoms with van der Waals surface area (Å²) in [6, 6.07) is 16.4. The molecule has 3 heteroatoms. The van der Waals surface area contributed by atoms with Gasteiger partial charge < -0.3 is 4.98 Å². The van der Waals surface area contributed by atoms with Crippen LogP contribution < -0.4 is 0 Å². The summed E-state index contributed by atoms with van der Waals surface area (Å²) in [6.07, 6.45) is 3.54. The number of fused-ring (bicyclic) bond motifs is 3. The topological polar surface area (TPSA) is 41.6 Å². The minimum atomic E-state index is 0.750. The zero-order chi connectivity index (χ0) is 12.7. The van der Waals surface area contributed by atoms with Crippen molar-refractivity contribution < 1.29 is 0 Å². The molecule has 0 saturated carbocycles. The van der Waals surface area contributed by atoms with Gasteiger partial charge in [-0.2, -0.15) is 0 Å². The van der Waals surface area contributed by atoms with Crippen LogP contribution in [0.3, 0.4) is 0 Å². The van der Waals surface area contributed by atoms with Crippen molar-refractivity contribution in [3.05, 3.63) is 60.9 Å². The van der Waals surface area contributed by atoms with Crippen LogP contribution in [0.1, 0.15) is 0 Å². The SMILES string of the molecule is c1cnc(-c2cccc3c2[nH]c2ccccc23)nc1. The van der Waals surface area contributed by atoms with E-state index in [9.17, 15) is 0 Å². The molecule has 0 atom stereocenters. The van der Waals surface area contributed by atoms with Gasteiger partial charge >= 0.3 is 0 Å². The van der Waals surface area contributed by atoms with Crippen LogP contribution in [0.25, 0.3) is 33.2 Å². The maximum absolute atomic E-state index is 4.34. The second-order valence-electron chi connectivity index (χ2n) is 4.47. The van der Waals surface area contributed by atoms with E-state index in [2.05, 4.69) is 39.2 Å². The first-order chi connectivity index (χ1) is 9.43. The van der Waals surface area contributed by atoms with E-state index in [1.807, 2.05) is 24.3 Å². The van der Waals surface area contributed by atoms with Crippen molar-refractivity contribution >= 4 is 21.8 Å². The largest absolute Gasteiger partial charge is 0.354 e. The van der Waals surface area contributed by atoms with E-state index in [0.29, 0.717) is 0 Å². The van der Waals surface area contributed by atoms with Gasteiger partial charge in [0.05, 0.1) is 5.52 Å². The van der Waals surface area contributed by atoms with Crippen LogP contribution in [0.15, 0.2) is 60.9 Å². The number of nitrogens with one attached hydrogen (secondary N) is 1. The van der Waals surface area contributed by atoms with E-state index in [-0.39, 0.29) is 0 Å². The van der Waals surface area contributed by atoms with Crippen LogP contribution in [0.2, 0.25) is 0 Å². The van der Waals surface area contributed by atoms with Crippen LogP contribution in [0.5, 0.6) is 0 Å². The van der Waals surface area contributed by atoms with E-state index >= 15 is 0 Å². The quantitative estimate of drug-likeness (QED) is 0.554. The molecule has 0 amide bonds. The van der Waals surface area contributed by atoms with Crippen LogP contribution in [0.4, 0.5) is 0 Å². The predicted molar refractivity (Wildman–Crippen MR) is 76.8 cm³/mol. The highest BCUT2D eigenvalue weighted by Crippen LogP contribution is 2.31. The number of rotatable bonds is 1. The Morgan fingerprint density at radius 3 is 2.42 bits per heavy atom. The van der Waals surface area contributed by atoms with Crippen molar-refractivity contribution in [3.63, 3.8) is 0 Å². The number of aromatic amines is 1. The van der Waals surface area contributed by atoms with Crippen molar-refractivity contribution in [3.8, 4) is 11.4 Å². The number of hydrogen-bond acceptors (Lipinski definition) is 2. The first-order valence-corrected chi connectivity index (χ1v) is 6.20. The molecule has 0 aliphatic rings. The molecule has 4 rings (SSSR count). The molecule has 0 radical (unpaired) electrons. The van der Waals surface area contributed by atoms with Gasteiger partial charge in [0.15, 0.2) is 5.82 Å². The first-order valence-electron chi connectivity index (χ1n) is 6.20. The number of H-pyrrole nitrogens is 1. The number of nitrogens with zero attached hydrogens (tertiary/aromatic N) is 2. The highest BCUT2D eigenvalue weighted by Gasteiger charge is 2.10. The molecule has 2 heterocycles. The highest BCUT2D eigenvalue weighted by molar-refractivity contribution is 6.11. The minimum Gasteiger partial charge on any atom is -0.354 e. The molecule has 19 heavy (non-hydrogen) atoms. The molecule has 2 aromatic heterocycles. The van der Waals surface area contributed by atoms with Crippen LogP contribution in [-0.4, -0.2) is 15.0 Å². The summed E-state index contributed by atoms with van der Waals surface area (Å²) in [6.45, 7) is 0. The summed E-state index contributed by atoms with van der Waals surface area (Å²) >= 11 is 0. The third kappa shape index (κ3) is 1.52. The van der Waals surface area contributed by atoms with E-state index in [4.69, 9.17) is 0 Å². The normalized spacial score (nSPS) is 11.2. The maximum Gasteiger partial charge on any atom is 0.161 e. The summed E-state index contributed by atoms with van der Waals surface area (Å²) in [5.41, 5.74) is 3.27. The molecule has 2 aromatic carbocycles. The molecule has 0 unspecified atom stereocenters. The lowest BCUT2D eigenvalue weighted by Gasteiger charge is -2.00. The van der Waals surface area contributed by atoms with Crippen molar-refractivity contribution in [1.29, 1.82) is 0 Å². The van der Waals surface area contributed by atoms with E-state index in [1.54, 1.807) is 12.4 Å². The summed E-state index contributed by atoms with van der Waals surface area (Å²) in [5, 5.41) is 2.44. The molecule has 3 nitrogen and oxygen atoms in total. The second-order valence-corrected chi connectivity index (χ2v) is 4.47. The summed E-state index contributed by atoms with van der Waals surface area (Å²) in [5.74, 6) is 0.750. The number of para-hydroxylation sites is 2. The van der Waals surface area contributed by atoms with Gasteiger partial charge in [0, 0.05) is 34.2 Å². The van der Waals surface area contributed by atoms with Crippen LogP contribution >= 0.6 is 0 Å². The first kappa shape index (κ1) is 10.3. The molecule has 0 spiro atoms.